The van der Waals surface area contributed by atoms with Crippen LogP contribution in [0.3, 0.4) is 0 Å². The Bertz CT molecular complexity index is 1690. The lowest BCUT2D eigenvalue weighted by Crippen LogP contribution is -2.61. The van der Waals surface area contributed by atoms with Crippen LogP contribution in [0.15, 0.2) is 97.2 Å². The van der Waals surface area contributed by atoms with Gasteiger partial charge in [0.15, 0.2) is 12.4 Å². The molecule has 0 saturated carbocycles. The van der Waals surface area contributed by atoms with Crippen LogP contribution in [0.25, 0.3) is 0 Å². The Hall–Kier alpha value is -3.42. The van der Waals surface area contributed by atoms with Crippen LogP contribution in [0.4, 0.5) is 0 Å². The summed E-state index contributed by atoms with van der Waals surface area (Å²) in [5, 5.41) is 57.1. The van der Waals surface area contributed by atoms with Crippen LogP contribution in [0.2, 0.25) is 0 Å². The summed E-state index contributed by atoms with van der Waals surface area (Å²) in [5.41, 5.74) is 0. The first-order valence-corrected chi connectivity index (χ1v) is 33.0. The van der Waals surface area contributed by atoms with Crippen molar-refractivity contribution in [1.29, 1.82) is 0 Å². The van der Waals surface area contributed by atoms with E-state index in [1.807, 2.05) is 6.08 Å². The van der Waals surface area contributed by atoms with Crippen molar-refractivity contribution in [2.24, 2.45) is 0 Å². The van der Waals surface area contributed by atoms with E-state index in [0.29, 0.717) is 12.8 Å². The van der Waals surface area contributed by atoms with Gasteiger partial charge in [-0.05, 0) is 103 Å². The van der Waals surface area contributed by atoms with E-state index in [9.17, 15) is 35.1 Å². The number of carbonyl (C=O) groups is 2. The largest absolute Gasteiger partial charge is 0.454 e. The van der Waals surface area contributed by atoms with Gasteiger partial charge in [-0.15, -0.1) is 0 Å². The number of nitrogens with one attached hydrogen (secondary N) is 1. The molecule has 1 aliphatic heterocycles. The van der Waals surface area contributed by atoms with Crippen molar-refractivity contribution in [3.63, 3.8) is 0 Å². The van der Waals surface area contributed by atoms with E-state index in [-0.39, 0.29) is 19.4 Å². The first kappa shape index (κ1) is 75.6. The van der Waals surface area contributed by atoms with E-state index < -0.39 is 67.4 Å². The molecule has 1 aliphatic rings. The van der Waals surface area contributed by atoms with Gasteiger partial charge in [-0.3, -0.25) is 9.59 Å². The van der Waals surface area contributed by atoms with Crippen molar-refractivity contribution in [3.05, 3.63) is 97.2 Å². The van der Waals surface area contributed by atoms with Gasteiger partial charge in [0.1, 0.15) is 24.4 Å². The maximum Gasteiger partial charge on any atom is 0.306 e. The molecule has 0 aromatic heterocycles. The predicted molar refractivity (Wildman–Crippen MR) is 338 cm³/mol. The molecule has 0 aromatic rings. The Labute approximate surface area is 495 Å². The third-order valence-electron chi connectivity index (χ3n) is 15.0. The molecule has 6 N–H and O–H groups in total. The quantitative estimate of drug-likeness (QED) is 0.0195. The Balaban J connectivity index is 2.67. The maximum absolute atomic E-state index is 13.5. The number of rotatable bonds is 55. The Morgan fingerprint density at radius 2 is 0.889 bits per heavy atom. The van der Waals surface area contributed by atoms with Crippen LogP contribution >= 0.6 is 0 Å². The second-order valence-corrected chi connectivity index (χ2v) is 22.5. The smallest absolute Gasteiger partial charge is 0.306 e. The molecule has 11 nitrogen and oxygen atoms in total. The minimum atomic E-state index is -1.63. The van der Waals surface area contributed by atoms with Gasteiger partial charge < -0.3 is 45.1 Å². The van der Waals surface area contributed by atoms with E-state index in [1.54, 1.807) is 6.08 Å². The SMILES string of the molecule is CC/C=C\C/C=C\C/C=C\C/C=C\C/C=C\CCCCCCCC(=O)OC1C(OCC(NC(=O)C(O)CCCCCCCCCC/C=C\C/C=C\CCCCC)C(O)/C=C/CCCCCCCCCCCCC)OC(CO)C(O)C1O. The van der Waals surface area contributed by atoms with Crippen LogP contribution in [0.1, 0.15) is 271 Å². The molecule has 1 fully saturated rings. The van der Waals surface area contributed by atoms with Gasteiger partial charge in [-0.1, -0.05) is 259 Å². The molecular weight excluding hydrogens is 1010 g/mol. The van der Waals surface area contributed by atoms with Crippen LogP contribution in [0, 0.1) is 0 Å². The summed E-state index contributed by atoms with van der Waals surface area (Å²) in [4.78, 5) is 26.6. The molecule has 0 bridgehead atoms. The summed E-state index contributed by atoms with van der Waals surface area (Å²) in [6.45, 7) is 5.65. The molecule has 0 aromatic carbocycles. The van der Waals surface area contributed by atoms with Crippen molar-refractivity contribution in [1.82, 2.24) is 5.32 Å². The summed E-state index contributed by atoms with van der Waals surface area (Å²) < 4.78 is 17.6. The van der Waals surface area contributed by atoms with Crippen molar-refractivity contribution < 1.29 is 49.3 Å². The lowest BCUT2D eigenvalue weighted by atomic mass is 9.99. The molecule has 1 rings (SSSR count). The van der Waals surface area contributed by atoms with E-state index in [0.717, 1.165) is 116 Å². The molecule has 1 saturated heterocycles. The molecule has 466 valence electrons. The Kier molecular flexibility index (Phi) is 53.2. The minimum Gasteiger partial charge on any atom is -0.454 e. The van der Waals surface area contributed by atoms with Crippen molar-refractivity contribution in [2.75, 3.05) is 13.2 Å². The van der Waals surface area contributed by atoms with Gasteiger partial charge in [-0.25, -0.2) is 0 Å². The van der Waals surface area contributed by atoms with Crippen LogP contribution in [-0.4, -0.2) is 99.6 Å². The Morgan fingerprint density at radius 3 is 1.36 bits per heavy atom. The standard InChI is InChI=1S/C70H121NO10/c1-4-7-10-13-16-19-22-25-27-29-31-32-33-35-37-40-43-46-49-52-55-58-65(75)81-68-67(77)66(76)64(59-72)80-70(68)79-60-61(62(73)56-53-50-47-44-41-38-24-21-18-15-12-9-6-3)71-69(78)63(74)57-54-51-48-45-42-39-36-34-30-28-26-23-20-17-14-11-8-5-2/h7,10,16-17,19-20,25-28,31-32,35,37,53,56,61-64,66-68,70,72-74,76-77H,4-6,8-9,11-15,18,21-24,29-30,33-34,36,38-52,54-55,57-60H2,1-3H3,(H,71,78)/b10-7-,19-16-,20-17-,27-25-,28-26-,32-31-,37-35-,56-53+. The zero-order chi connectivity index (χ0) is 58.9. The zero-order valence-electron chi connectivity index (χ0n) is 51.6. The highest BCUT2D eigenvalue weighted by Gasteiger charge is 2.47. The topological polar surface area (TPSA) is 175 Å². The number of hydrogen-bond acceptors (Lipinski definition) is 10. The highest BCUT2D eigenvalue weighted by Crippen LogP contribution is 2.26. The van der Waals surface area contributed by atoms with E-state index in [2.05, 4.69) is 111 Å². The van der Waals surface area contributed by atoms with Crippen molar-refractivity contribution in [2.45, 2.75) is 320 Å². The van der Waals surface area contributed by atoms with Gasteiger partial charge in [0, 0.05) is 6.42 Å². The second-order valence-electron chi connectivity index (χ2n) is 22.5. The van der Waals surface area contributed by atoms with Gasteiger partial charge in [0.2, 0.25) is 5.91 Å². The number of esters is 1. The number of allylic oxidation sites excluding steroid dienone is 15. The molecule has 0 spiro atoms. The summed E-state index contributed by atoms with van der Waals surface area (Å²) in [6.07, 6.45) is 65.7. The maximum atomic E-state index is 13.5. The van der Waals surface area contributed by atoms with E-state index in [4.69, 9.17) is 14.2 Å². The van der Waals surface area contributed by atoms with Gasteiger partial charge in [0.05, 0.1) is 25.4 Å². The van der Waals surface area contributed by atoms with Crippen LogP contribution in [0.5, 0.6) is 0 Å². The Morgan fingerprint density at radius 1 is 0.494 bits per heavy atom. The van der Waals surface area contributed by atoms with Crippen LogP contribution < -0.4 is 5.32 Å². The molecule has 0 radical (unpaired) electrons. The average Bonchev–Trinajstić information content (AvgIpc) is 3.53. The summed E-state index contributed by atoms with van der Waals surface area (Å²) in [5.74, 6) is -1.22. The molecule has 81 heavy (non-hydrogen) atoms. The van der Waals surface area contributed by atoms with E-state index in [1.165, 1.54) is 109 Å². The van der Waals surface area contributed by atoms with Crippen molar-refractivity contribution >= 4 is 11.9 Å². The summed E-state index contributed by atoms with van der Waals surface area (Å²) in [6, 6.07) is -1.04. The number of aliphatic hydroxyl groups is 5. The normalized spacial score (nSPS) is 19.3. The fourth-order valence-electron chi connectivity index (χ4n) is 9.77. The highest BCUT2D eigenvalue weighted by atomic mass is 16.7. The average molecular weight is 1140 g/mol. The minimum absolute atomic E-state index is 0.0966. The number of unbranched alkanes of at least 4 members (excludes halogenated alkanes) is 27. The third kappa shape index (κ3) is 44.7. The molecule has 1 heterocycles. The second kappa shape index (κ2) is 57.0. The zero-order valence-corrected chi connectivity index (χ0v) is 51.6. The number of ether oxygens (including phenoxy) is 3. The fourth-order valence-corrected chi connectivity index (χ4v) is 9.77. The summed E-state index contributed by atoms with van der Waals surface area (Å²) in [7, 11) is 0. The first-order valence-electron chi connectivity index (χ1n) is 33.0. The number of hydrogen-bond donors (Lipinski definition) is 6. The summed E-state index contributed by atoms with van der Waals surface area (Å²) >= 11 is 0. The number of carbonyl (C=O) groups excluding carboxylic acids is 2. The highest BCUT2D eigenvalue weighted by molar-refractivity contribution is 5.80. The lowest BCUT2D eigenvalue weighted by molar-refractivity contribution is -0.305. The molecule has 8 unspecified atom stereocenters. The number of aliphatic hydroxyl groups excluding tert-OH is 5. The molecular formula is C70H121NO10. The third-order valence-corrected chi connectivity index (χ3v) is 15.0. The van der Waals surface area contributed by atoms with Gasteiger partial charge in [0.25, 0.3) is 0 Å². The fraction of sp³-hybridized carbons (Fsp3) is 0.743. The first-order chi connectivity index (χ1) is 39.7. The van der Waals surface area contributed by atoms with Crippen molar-refractivity contribution in [3.8, 4) is 0 Å². The van der Waals surface area contributed by atoms with E-state index >= 15 is 0 Å². The monoisotopic (exact) mass is 1140 g/mol. The van der Waals surface area contributed by atoms with Crippen LogP contribution in [-0.2, 0) is 23.8 Å². The molecule has 8 atom stereocenters. The molecule has 0 aliphatic carbocycles. The molecule has 1 amide bonds. The van der Waals surface area contributed by atoms with Gasteiger partial charge in [-0.2, -0.15) is 0 Å². The number of amides is 1. The predicted octanol–water partition coefficient (Wildman–Crippen LogP) is 16.3. The molecule has 11 heteroatoms. The lowest BCUT2D eigenvalue weighted by Gasteiger charge is -2.41. The van der Waals surface area contributed by atoms with Gasteiger partial charge >= 0.3 is 5.97 Å².